The molecule has 0 rings (SSSR count). The van der Waals surface area contributed by atoms with E-state index in [2.05, 4.69) is 8.83 Å². The Morgan fingerprint density at radius 2 is 1.68 bits per heavy atom. The smallest absolute Gasteiger partial charge is 0.394 e. The summed E-state index contributed by atoms with van der Waals surface area (Å²) in [5.41, 5.74) is 0. The summed E-state index contributed by atoms with van der Waals surface area (Å²) in [5, 5.41) is 26.6. The molecule has 0 fully saturated rings. The minimum Gasteiger partial charge on any atom is -0.394 e. The maximum absolute atomic E-state index is 11.4. The Morgan fingerprint density at radius 3 is 2.05 bits per heavy atom. The van der Waals surface area contributed by atoms with E-state index in [-0.39, 0.29) is 0 Å². The van der Waals surface area contributed by atoms with Crippen molar-refractivity contribution in [2.75, 3.05) is 6.61 Å². The van der Waals surface area contributed by atoms with Gasteiger partial charge in [-0.05, 0) is 6.92 Å². The van der Waals surface area contributed by atoms with Gasteiger partial charge in [-0.15, -0.1) is 0 Å². The fourth-order valence-corrected chi connectivity index (χ4v) is 2.67. The molecular weight excluding hydrogens is 310 g/mol. The van der Waals surface area contributed by atoms with Crippen molar-refractivity contribution in [1.29, 1.82) is 0 Å². The van der Waals surface area contributed by atoms with Crippen molar-refractivity contribution in [1.82, 2.24) is 0 Å². The van der Waals surface area contributed by atoms with E-state index in [9.17, 15) is 19.0 Å². The van der Waals surface area contributed by atoms with Crippen molar-refractivity contribution in [2.45, 2.75) is 25.2 Å². The summed E-state index contributed by atoms with van der Waals surface area (Å²) in [4.78, 5) is 36.9. The van der Waals surface area contributed by atoms with Crippen molar-refractivity contribution in [3.8, 4) is 0 Å². The molecule has 1 unspecified atom stereocenters. The predicted octanol–water partition coefficient (Wildman–Crippen LogP) is -2.12. The Kier molecular flexibility index (Phi) is 6.93. The quantitative estimate of drug-likeness (QED) is 0.268. The lowest BCUT2D eigenvalue weighted by molar-refractivity contribution is -0.141. The van der Waals surface area contributed by atoms with Crippen LogP contribution in [0.1, 0.15) is 6.92 Å². The number of phosphoric ester groups is 1. The number of carbonyl (C=O) groups excluding carboxylic acids is 1. The predicted molar refractivity (Wildman–Crippen MR) is 57.6 cm³/mol. The van der Waals surface area contributed by atoms with E-state index < -0.39 is 46.3 Å². The van der Waals surface area contributed by atoms with Crippen LogP contribution in [0, 0.1) is 0 Å². The van der Waals surface area contributed by atoms with Crippen molar-refractivity contribution in [3.63, 3.8) is 0 Å². The molecule has 0 radical (unpaired) electrons. The third kappa shape index (κ3) is 7.23. The van der Waals surface area contributed by atoms with Gasteiger partial charge in [0.15, 0.2) is 5.78 Å². The van der Waals surface area contributed by atoms with Crippen molar-refractivity contribution < 1.29 is 52.8 Å². The second-order valence-electron chi connectivity index (χ2n) is 3.39. The van der Waals surface area contributed by atoms with Crippen molar-refractivity contribution in [3.05, 3.63) is 0 Å². The van der Waals surface area contributed by atoms with E-state index >= 15 is 0 Å². The number of hydrogen-bond donors (Lipinski definition) is 6. The number of Topliss-reactive ketones (excluding diaryl/α,β-unsaturated/α-hetero) is 1. The highest BCUT2D eigenvalue weighted by Crippen LogP contribution is 2.58. The first-order valence-electron chi connectivity index (χ1n) is 4.68. The minimum absolute atomic E-state index is 0.877. The molecular formula is C6H14O11P2. The zero-order chi connectivity index (χ0) is 15.4. The lowest BCUT2D eigenvalue weighted by atomic mass is 10.1. The Balaban J connectivity index is 4.69. The van der Waals surface area contributed by atoms with E-state index in [0.717, 1.165) is 6.92 Å². The van der Waals surface area contributed by atoms with Gasteiger partial charge in [0.2, 0.25) is 0 Å². The highest BCUT2D eigenvalue weighted by molar-refractivity contribution is 7.60. The van der Waals surface area contributed by atoms with Gasteiger partial charge in [-0.2, -0.15) is 4.31 Å². The maximum Gasteiger partial charge on any atom is 0.481 e. The van der Waals surface area contributed by atoms with Gasteiger partial charge in [0.05, 0.1) is 6.61 Å². The average molecular weight is 324 g/mol. The van der Waals surface area contributed by atoms with E-state index in [0.29, 0.717) is 0 Å². The topological polar surface area (TPSA) is 191 Å². The number of phosphoric acid groups is 2. The van der Waals surface area contributed by atoms with E-state index in [1.54, 1.807) is 0 Å². The number of aliphatic hydroxyl groups excluding tert-OH is 3. The lowest BCUT2D eigenvalue weighted by Crippen LogP contribution is -2.41. The van der Waals surface area contributed by atoms with Crippen LogP contribution in [0.15, 0.2) is 0 Å². The van der Waals surface area contributed by atoms with Crippen LogP contribution in [0.25, 0.3) is 0 Å². The second-order valence-corrected chi connectivity index (χ2v) is 6.17. The Bertz CT molecular complexity index is 402. The zero-order valence-corrected chi connectivity index (χ0v) is 11.3. The van der Waals surface area contributed by atoms with Gasteiger partial charge in [-0.25, -0.2) is 9.13 Å². The van der Waals surface area contributed by atoms with Gasteiger partial charge < -0.3 is 30.0 Å². The molecule has 4 atom stereocenters. The molecule has 0 aliphatic carbocycles. The molecule has 0 aromatic rings. The van der Waals surface area contributed by atoms with Crippen molar-refractivity contribution in [2.24, 2.45) is 0 Å². The van der Waals surface area contributed by atoms with Crippen LogP contribution in [0.4, 0.5) is 0 Å². The minimum atomic E-state index is -5.32. The zero-order valence-electron chi connectivity index (χ0n) is 9.56. The number of rotatable bonds is 8. The molecule has 0 aromatic carbocycles. The maximum atomic E-state index is 11.4. The molecule has 0 saturated heterocycles. The third-order valence-corrected chi connectivity index (χ3v) is 4.00. The van der Waals surface area contributed by atoms with Crippen LogP contribution in [-0.2, 0) is 22.8 Å². The first-order chi connectivity index (χ1) is 8.39. The number of aliphatic hydroxyl groups is 3. The Hall–Kier alpha value is -0.190. The summed E-state index contributed by atoms with van der Waals surface area (Å²) in [6, 6.07) is 0. The number of ketones is 1. The Morgan fingerprint density at radius 1 is 1.21 bits per heavy atom. The van der Waals surface area contributed by atoms with Gasteiger partial charge in [-0.3, -0.25) is 9.32 Å². The van der Waals surface area contributed by atoms with E-state index in [4.69, 9.17) is 24.9 Å². The summed E-state index contributed by atoms with van der Waals surface area (Å²) in [7, 11) is -10.6. The van der Waals surface area contributed by atoms with Gasteiger partial charge >= 0.3 is 15.6 Å². The lowest BCUT2D eigenvalue weighted by Gasteiger charge is -2.20. The van der Waals surface area contributed by atoms with Crippen molar-refractivity contribution >= 4 is 21.4 Å². The fraction of sp³-hybridized carbons (Fsp3) is 0.833. The normalized spacial score (nSPS) is 20.4. The van der Waals surface area contributed by atoms with Crippen LogP contribution in [-0.4, -0.2) is 60.7 Å². The molecule has 0 spiro atoms. The van der Waals surface area contributed by atoms with Crippen LogP contribution in [0.5, 0.6) is 0 Å². The van der Waals surface area contributed by atoms with Crippen LogP contribution in [0.2, 0.25) is 0 Å². The van der Waals surface area contributed by atoms with Crippen LogP contribution in [0.3, 0.4) is 0 Å². The largest absolute Gasteiger partial charge is 0.481 e. The first-order valence-corrected chi connectivity index (χ1v) is 7.71. The van der Waals surface area contributed by atoms with Gasteiger partial charge in [0.25, 0.3) is 0 Å². The fourth-order valence-electron chi connectivity index (χ4n) is 0.935. The van der Waals surface area contributed by atoms with Gasteiger partial charge in [0, 0.05) is 0 Å². The Labute approximate surface area is 107 Å². The monoisotopic (exact) mass is 324 g/mol. The first kappa shape index (κ1) is 18.8. The highest BCUT2D eigenvalue weighted by Gasteiger charge is 2.38. The summed E-state index contributed by atoms with van der Waals surface area (Å²) in [5.74, 6) is -1.29. The average Bonchev–Trinajstić information content (AvgIpc) is 2.21. The molecule has 6 N–H and O–H groups in total. The molecule has 0 amide bonds. The summed E-state index contributed by atoms with van der Waals surface area (Å²) in [6.07, 6.45) is -5.76. The molecule has 11 nitrogen and oxygen atoms in total. The van der Waals surface area contributed by atoms with Gasteiger partial charge in [-0.1, -0.05) is 0 Å². The SMILES string of the molecule is C[C@H](OP(=O)(O)OP(=O)(O)O)C(=O)[C@@H](O)[C@H](O)CO. The molecule has 0 aliphatic rings. The molecule has 19 heavy (non-hydrogen) atoms. The van der Waals surface area contributed by atoms with Crippen LogP contribution < -0.4 is 0 Å². The molecule has 0 bridgehead atoms. The van der Waals surface area contributed by atoms with E-state index in [1.165, 1.54) is 0 Å². The summed E-state index contributed by atoms with van der Waals surface area (Å²) in [6.45, 7) is -0.0725. The second kappa shape index (κ2) is 7.00. The van der Waals surface area contributed by atoms with Crippen LogP contribution >= 0.6 is 15.6 Å². The molecule has 0 aliphatic heterocycles. The highest BCUT2D eigenvalue weighted by atomic mass is 31.3. The molecule has 0 saturated carbocycles. The summed E-state index contributed by atoms with van der Waals surface area (Å²) < 4.78 is 28.9. The third-order valence-electron chi connectivity index (χ3n) is 1.74. The standard InChI is InChI=1S/C6H14O11P2/c1-3(5(9)6(10)4(8)2-7)16-19(14,15)17-18(11,12)13/h3-4,6-8,10H,2H2,1H3,(H,14,15)(H2,11,12,13)/t3-,4+,6-/m0/s1. The molecule has 0 aromatic heterocycles. The number of carbonyl (C=O) groups is 1. The number of hydrogen-bond acceptors (Lipinski definition) is 8. The molecule has 0 heterocycles. The van der Waals surface area contributed by atoms with Gasteiger partial charge in [0.1, 0.15) is 18.3 Å². The summed E-state index contributed by atoms with van der Waals surface area (Å²) >= 11 is 0. The molecule has 114 valence electrons. The van der Waals surface area contributed by atoms with E-state index in [1.807, 2.05) is 0 Å². The molecule has 13 heteroatoms.